The van der Waals surface area contributed by atoms with Crippen molar-refractivity contribution >= 4 is 108 Å². The number of hydrogen-bond donors (Lipinski definition) is 4. The fraction of sp³-hybridized carbons (Fsp3) is 0.213. The highest BCUT2D eigenvalue weighted by molar-refractivity contribution is 7.93. The molecule has 15 aromatic rings. The number of fused-ring (bicyclic) bond motifs is 4. The van der Waals surface area contributed by atoms with Gasteiger partial charge in [-0.1, -0.05) is 128 Å². The second kappa shape index (κ2) is 35.6. The van der Waals surface area contributed by atoms with Gasteiger partial charge in [-0.25, -0.2) is 48.0 Å². The second-order valence-electron chi connectivity index (χ2n) is 31.7. The SMILES string of the molecule is CC(C)Oc1ccc(S(=O)(=O)Nc2cc(C(F)(F)F)nn2-c2cccc3ncccc23)cc1.CC(C)c1ccc(S(=O)(=O)Nc2cc(C(F)(F)F)nn2-c2cccc3ncccc23)cc1.Cc1cc(NS(=O)(=O)c2ccc(C(C)(C)C)cc2)n(-c2nccc3ncccc23)n1.Cc1cc(NS(=O)(=O)c2ccc(C(C)(C)C)cc2)n(C2=NCC(=O)c3ccccc32)n1. The average molecular weight is 1800 g/mol. The van der Waals surface area contributed by atoms with Crippen LogP contribution in [0.4, 0.5) is 49.6 Å². The third kappa shape index (κ3) is 20.6. The number of aryl methyl sites for hydroxylation is 2. The smallest absolute Gasteiger partial charge is 0.435 e. The highest BCUT2D eigenvalue weighted by Crippen LogP contribution is 2.38. The van der Waals surface area contributed by atoms with Crippen molar-refractivity contribution in [3.63, 3.8) is 0 Å². The molecule has 37 heteroatoms. The van der Waals surface area contributed by atoms with Gasteiger partial charge >= 0.3 is 12.4 Å². The molecule has 0 atom stereocenters. The molecule has 0 radical (unpaired) electrons. The molecule has 9 heterocycles. The zero-order chi connectivity index (χ0) is 90.8. The maximum absolute atomic E-state index is 13.4. The van der Waals surface area contributed by atoms with Gasteiger partial charge in [0.25, 0.3) is 40.1 Å². The maximum atomic E-state index is 13.4. The number of nitrogens with zero attached hydrogens (tertiary/aromatic N) is 13. The molecule has 0 amide bonds. The molecule has 0 saturated carbocycles. The van der Waals surface area contributed by atoms with Crippen molar-refractivity contribution in [2.45, 2.75) is 138 Å². The lowest BCUT2D eigenvalue weighted by molar-refractivity contribution is -0.142. The maximum Gasteiger partial charge on any atom is 0.435 e. The third-order valence-corrected chi connectivity index (χ3v) is 25.0. The summed E-state index contributed by atoms with van der Waals surface area (Å²) in [5, 5.41) is 18.0. The largest absolute Gasteiger partial charge is 0.491 e. The minimum Gasteiger partial charge on any atom is -0.491 e. The number of halogens is 6. The lowest BCUT2D eigenvalue weighted by Crippen LogP contribution is -2.27. The van der Waals surface area contributed by atoms with Gasteiger partial charge in [0.05, 0.1) is 65.0 Å². The van der Waals surface area contributed by atoms with Gasteiger partial charge in [0.15, 0.2) is 28.8 Å². The number of aromatic nitrogens is 12. The first-order valence-electron chi connectivity index (χ1n) is 39.0. The Morgan fingerprint density at radius 3 is 1.18 bits per heavy atom. The van der Waals surface area contributed by atoms with Crippen LogP contribution in [0.25, 0.3) is 49.9 Å². The minimum absolute atomic E-state index is 0.00822. The van der Waals surface area contributed by atoms with Crippen LogP contribution in [0, 0.1) is 13.8 Å². The van der Waals surface area contributed by atoms with E-state index in [2.05, 4.69) is 106 Å². The molecule has 4 N–H and O–H groups in total. The predicted molar refractivity (Wildman–Crippen MR) is 470 cm³/mol. The summed E-state index contributed by atoms with van der Waals surface area (Å²) in [7, 11) is -16.0. The fourth-order valence-corrected chi connectivity index (χ4v) is 17.3. The molecule has 7 aromatic carbocycles. The van der Waals surface area contributed by atoms with Crippen LogP contribution in [0.2, 0.25) is 0 Å². The minimum atomic E-state index is -4.77. The fourth-order valence-electron chi connectivity index (χ4n) is 13.2. The van der Waals surface area contributed by atoms with Gasteiger partial charge in [-0.05, 0) is 189 Å². The Balaban J connectivity index is 0.000000144. The van der Waals surface area contributed by atoms with Gasteiger partial charge in [0.1, 0.15) is 35.6 Å². The number of anilines is 4. The normalized spacial score (nSPS) is 12.8. The lowest BCUT2D eigenvalue weighted by Gasteiger charge is -2.19. The molecule has 0 fully saturated rings. The van der Waals surface area contributed by atoms with Crippen LogP contribution in [-0.4, -0.2) is 117 Å². The van der Waals surface area contributed by atoms with Gasteiger partial charge < -0.3 is 4.74 Å². The quantitative estimate of drug-likeness (QED) is 0.0580. The number of carbonyl (C=O) groups is 1. The molecule has 0 bridgehead atoms. The molecule has 0 saturated heterocycles. The molecule has 0 unspecified atom stereocenters. The summed E-state index contributed by atoms with van der Waals surface area (Å²) < 4.78 is 205. The highest BCUT2D eigenvalue weighted by Gasteiger charge is 2.38. The summed E-state index contributed by atoms with van der Waals surface area (Å²) in [6, 6.07) is 59.1. The Labute approximate surface area is 722 Å². The zero-order valence-electron chi connectivity index (χ0n) is 69.8. The molecule has 0 spiro atoms. The topological polar surface area (TPSA) is 346 Å². The number of carbonyl (C=O) groups excluding carboxylic acids is 1. The van der Waals surface area contributed by atoms with E-state index >= 15 is 0 Å². The highest BCUT2D eigenvalue weighted by atomic mass is 32.2. The number of alkyl halides is 6. The zero-order valence-corrected chi connectivity index (χ0v) is 73.1. The summed E-state index contributed by atoms with van der Waals surface area (Å²) in [6.45, 7) is 23.6. The molecule has 1 aliphatic rings. The standard InChI is InChI=1S/C23H24N4O3S.C22H19F3N4O3S.C22H19F3N4O2S.C22H23N5O2S/c1-15-13-21(26-31(29,30)17-11-9-16(10-12-17)23(2,3)4)27(25-15)22-19-8-6-5-7-18(19)20(28)14-24-22;1-14(2)32-15-8-10-16(11-9-15)33(30,31)28-21-13-20(22(23,24)25)27-29(21)19-7-3-6-18-17(19)5-4-12-26-18;1-14(2)15-8-10-16(11-9-15)32(30,31)28-21-13-20(22(23,24)25)27-29(21)19-7-3-6-18-17(19)5-4-12-26-18;1-15-14-20(26-30(28,29)17-9-7-16(8-10-17)22(2,3)4)27(25-15)21-18-6-5-12-23-19(18)11-13-24-21/h5-13,26H,14H2,1-4H3;3-14,28H,1-2H3;3-14,28H,1-2H3;5-14,26H,1-4H3. The summed E-state index contributed by atoms with van der Waals surface area (Å²) in [6.07, 6.45) is -3.20. The van der Waals surface area contributed by atoms with Gasteiger partial charge in [0.2, 0.25) is 0 Å². The van der Waals surface area contributed by atoms with E-state index in [-0.39, 0.29) is 83.6 Å². The Bertz CT molecular complexity index is 7080. The molecule has 16 rings (SSSR count). The van der Waals surface area contributed by atoms with Gasteiger partial charge in [-0.2, -0.15) is 56.1 Å². The van der Waals surface area contributed by atoms with Crippen LogP contribution in [0.15, 0.2) is 274 Å². The van der Waals surface area contributed by atoms with Crippen molar-refractivity contribution < 1.29 is 69.5 Å². The Morgan fingerprint density at radius 1 is 0.389 bits per heavy atom. The van der Waals surface area contributed by atoms with E-state index in [1.165, 1.54) is 51.8 Å². The monoisotopic (exact) mass is 1790 g/mol. The Hall–Kier alpha value is -13.5. The number of sulfonamides is 4. The van der Waals surface area contributed by atoms with Crippen LogP contribution >= 0.6 is 0 Å². The Kier molecular flexibility index (Phi) is 25.5. The van der Waals surface area contributed by atoms with Crippen LogP contribution in [-0.2, 0) is 63.3 Å². The second-order valence-corrected chi connectivity index (χ2v) is 38.4. The van der Waals surface area contributed by atoms with E-state index in [9.17, 15) is 64.8 Å². The first-order chi connectivity index (χ1) is 59.3. The van der Waals surface area contributed by atoms with E-state index in [1.54, 1.807) is 166 Å². The van der Waals surface area contributed by atoms with Crippen molar-refractivity contribution in [3.05, 3.63) is 300 Å². The number of nitrogens with one attached hydrogen (secondary N) is 4. The van der Waals surface area contributed by atoms with Crippen LogP contribution in [0.5, 0.6) is 5.75 Å². The van der Waals surface area contributed by atoms with Gasteiger partial charge in [-0.3, -0.25) is 43.6 Å². The van der Waals surface area contributed by atoms with Crippen molar-refractivity contribution in [1.82, 2.24) is 59.1 Å². The summed E-state index contributed by atoms with van der Waals surface area (Å²) in [5.74, 6) is 1.43. The summed E-state index contributed by atoms with van der Waals surface area (Å²) in [4.78, 5) is 33.9. The van der Waals surface area contributed by atoms with E-state index in [1.807, 2.05) is 70.2 Å². The summed E-state index contributed by atoms with van der Waals surface area (Å²) >= 11 is 0. The first-order valence-corrected chi connectivity index (χ1v) is 45.0. The van der Waals surface area contributed by atoms with E-state index in [4.69, 9.17) is 4.74 Å². The third-order valence-electron chi connectivity index (χ3n) is 19.5. The molecular weight excluding hydrogens is 1710 g/mol. The first kappa shape index (κ1) is 90.2. The number of ketones is 1. The van der Waals surface area contributed by atoms with Crippen LogP contribution in [0.1, 0.15) is 131 Å². The molecular formula is C89H85F6N17O10S4. The number of hydrogen-bond acceptors (Lipinski definition) is 19. The molecule has 0 aliphatic carbocycles. The van der Waals surface area contributed by atoms with Crippen molar-refractivity contribution in [2.24, 2.45) is 4.99 Å². The van der Waals surface area contributed by atoms with Crippen molar-refractivity contribution in [1.29, 1.82) is 0 Å². The van der Waals surface area contributed by atoms with E-state index in [0.717, 1.165) is 37.0 Å². The number of rotatable bonds is 18. The molecule has 8 aromatic heterocycles. The van der Waals surface area contributed by atoms with Crippen LogP contribution in [0.3, 0.4) is 0 Å². The lowest BCUT2D eigenvalue weighted by atomic mass is 9.87. The van der Waals surface area contributed by atoms with Crippen molar-refractivity contribution in [3.8, 4) is 22.9 Å². The molecule has 1 aliphatic heterocycles. The number of benzene rings is 7. The number of pyridine rings is 4. The van der Waals surface area contributed by atoms with E-state index < -0.39 is 63.8 Å². The van der Waals surface area contributed by atoms with Gasteiger partial charge in [-0.15, -0.1) is 0 Å². The number of ether oxygens (including phenoxy) is 1. The number of aliphatic imine (C=N–C) groups is 1. The Morgan fingerprint density at radius 2 is 0.770 bits per heavy atom. The van der Waals surface area contributed by atoms with Crippen molar-refractivity contribution in [2.75, 3.05) is 25.4 Å². The van der Waals surface area contributed by atoms with E-state index in [0.29, 0.717) is 79.7 Å². The predicted octanol–water partition coefficient (Wildman–Crippen LogP) is 18.4. The van der Waals surface area contributed by atoms with Crippen LogP contribution < -0.4 is 23.6 Å². The molecule has 27 nitrogen and oxygen atoms in total. The molecule has 126 heavy (non-hydrogen) atoms. The summed E-state index contributed by atoms with van der Waals surface area (Å²) in [5.41, 5.74) is 5.25. The average Bonchev–Trinajstić information content (AvgIpc) is 1.59. The number of Topliss-reactive ketones (excluding diaryl/α,β-unsaturated/α-hetero) is 1. The van der Waals surface area contributed by atoms with Gasteiger partial charge in [0, 0.05) is 76.3 Å². The molecule has 652 valence electrons.